The molecule has 2 atom stereocenters. The van der Waals surface area contributed by atoms with E-state index in [4.69, 9.17) is 34.1 Å². The van der Waals surface area contributed by atoms with E-state index in [-0.39, 0.29) is 18.8 Å². The van der Waals surface area contributed by atoms with Crippen LogP contribution in [0.25, 0.3) is 22.4 Å². The van der Waals surface area contributed by atoms with Gasteiger partial charge in [0.2, 0.25) is 6.79 Å². The van der Waals surface area contributed by atoms with Crippen molar-refractivity contribution in [2.75, 3.05) is 13.4 Å². The average Bonchev–Trinajstić information content (AvgIpc) is 3.40. The smallest absolute Gasteiger partial charge is 0.231 e. The molecule has 2 aliphatic heterocycles. The molecule has 0 bridgehead atoms. The van der Waals surface area contributed by atoms with E-state index in [0.717, 1.165) is 46.9 Å². The highest BCUT2D eigenvalue weighted by atomic mass is 16.7. The minimum absolute atomic E-state index is 0.0208. The summed E-state index contributed by atoms with van der Waals surface area (Å²) in [6, 6.07) is 6.41. The fourth-order valence-corrected chi connectivity index (χ4v) is 4.94. The third kappa shape index (κ3) is 3.61. The minimum atomic E-state index is -0.0208. The lowest BCUT2D eigenvalue weighted by Gasteiger charge is -2.28. The molecule has 0 spiro atoms. The first-order valence-electron chi connectivity index (χ1n) is 12.2. The van der Waals surface area contributed by atoms with Crippen LogP contribution in [0.15, 0.2) is 30.6 Å². The van der Waals surface area contributed by atoms with Crippen LogP contribution in [-0.2, 0) is 4.74 Å². The molecule has 35 heavy (non-hydrogen) atoms. The van der Waals surface area contributed by atoms with Gasteiger partial charge in [-0.05, 0) is 51.7 Å². The van der Waals surface area contributed by atoms with Gasteiger partial charge in [-0.3, -0.25) is 4.68 Å². The third-order valence-corrected chi connectivity index (χ3v) is 7.17. The predicted molar refractivity (Wildman–Crippen MR) is 127 cm³/mol. The quantitative estimate of drug-likeness (QED) is 0.427. The molecule has 0 N–H and O–H groups in total. The Labute approximate surface area is 202 Å². The maximum absolute atomic E-state index is 6.15. The molecule has 2 fully saturated rings. The van der Waals surface area contributed by atoms with Crippen LogP contribution in [0.1, 0.15) is 66.5 Å². The topological polar surface area (TPSA) is 97.1 Å². The van der Waals surface area contributed by atoms with Crippen LogP contribution in [0.2, 0.25) is 0 Å². The van der Waals surface area contributed by atoms with Gasteiger partial charge in [0.25, 0.3) is 0 Å². The summed E-state index contributed by atoms with van der Waals surface area (Å²) in [6.07, 6.45) is 8.13. The number of ether oxygens (including phenoxy) is 3. The zero-order valence-corrected chi connectivity index (χ0v) is 19.8. The Morgan fingerprint density at radius 2 is 1.86 bits per heavy atom. The van der Waals surface area contributed by atoms with Crippen molar-refractivity contribution in [1.82, 2.24) is 29.7 Å². The number of rotatable bonds is 4. The van der Waals surface area contributed by atoms with Crippen LogP contribution < -0.4 is 9.47 Å². The molecular formula is C26H26N6O3. The van der Waals surface area contributed by atoms with Crippen molar-refractivity contribution < 1.29 is 14.2 Å². The molecule has 1 aromatic carbocycles. The van der Waals surface area contributed by atoms with E-state index < -0.39 is 0 Å². The van der Waals surface area contributed by atoms with Gasteiger partial charge in [-0.2, -0.15) is 5.10 Å². The van der Waals surface area contributed by atoms with E-state index in [1.807, 2.05) is 38.2 Å². The van der Waals surface area contributed by atoms with Crippen molar-refractivity contribution >= 4 is 11.2 Å². The van der Waals surface area contributed by atoms with Crippen molar-refractivity contribution in [3.05, 3.63) is 53.4 Å². The second kappa shape index (κ2) is 7.98. The zero-order valence-electron chi connectivity index (χ0n) is 19.8. The molecule has 7 rings (SSSR count). The fraction of sp³-hybridized carbons (Fsp3) is 0.423. The highest BCUT2D eigenvalue weighted by Crippen LogP contribution is 2.43. The van der Waals surface area contributed by atoms with Crippen molar-refractivity contribution in [3.8, 4) is 22.8 Å². The highest BCUT2D eigenvalue weighted by Gasteiger charge is 2.31. The van der Waals surface area contributed by atoms with Gasteiger partial charge < -0.3 is 14.2 Å². The summed E-state index contributed by atoms with van der Waals surface area (Å²) in [4.78, 5) is 19.6. The van der Waals surface area contributed by atoms with Gasteiger partial charge in [0.05, 0.1) is 29.7 Å². The second-order valence-corrected chi connectivity index (χ2v) is 9.60. The summed E-state index contributed by atoms with van der Waals surface area (Å²) >= 11 is 0. The molecule has 3 aromatic heterocycles. The van der Waals surface area contributed by atoms with E-state index in [1.165, 1.54) is 12.8 Å². The Morgan fingerprint density at radius 3 is 2.74 bits per heavy atom. The molecule has 1 saturated carbocycles. The highest BCUT2D eigenvalue weighted by molar-refractivity contribution is 5.90. The van der Waals surface area contributed by atoms with Crippen LogP contribution >= 0.6 is 0 Å². The summed E-state index contributed by atoms with van der Waals surface area (Å²) in [7, 11) is 0. The van der Waals surface area contributed by atoms with E-state index in [1.54, 1.807) is 0 Å². The molecule has 0 amide bonds. The van der Waals surface area contributed by atoms with Crippen LogP contribution in [0.3, 0.4) is 0 Å². The van der Waals surface area contributed by atoms with Crippen molar-refractivity contribution in [2.24, 2.45) is 0 Å². The van der Waals surface area contributed by atoms with Crippen LogP contribution in [-0.4, -0.2) is 43.1 Å². The number of para-hydroxylation sites is 1. The molecule has 1 aliphatic carbocycles. The molecule has 0 unspecified atom stereocenters. The molecular weight excluding hydrogens is 444 g/mol. The minimum Gasteiger partial charge on any atom is -0.454 e. The molecule has 178 valence electrons. The van der Waals surface area contributed by atoms with Crippen molar-refractivity contribution in [2.45, 2.75) is 57.6 Å². The summed E-state index contributed by atoms with van der Waals surface area (Å²) in [5.41, 5.74) is 5.71. The standard InChI is InChI=1S/C26H26N6O3/c1-14-15(2)29-26-23(28-14)22(19-4-3-5-20-24(19)35-13-34-20)30-25(31-26)16-8-9-33-21(10-16)17-11-27-32(12-17)18-6-7-18/h3-5,11-12,16,18,21H,6-10,13H2,1-2H3/t16-,21-/m0/s1. The van der Waals surface area contributed by atoms with Crippen LogP contribution in [0, 0.1) is 13.8 Å². The lowest BCUT2D eigenvalue weighted by Crippen LogP contribution is -2.20. The molecule has 0 radical (unpaired) electrons. The Balaban J connectivity index is 1.31. The van der Waals surface area contributed by atoms with Crippen LogP contribution in [0.5, 0.6) is 11.5 Å². The summed E-state index contributed by atoms with van der Waals surface area (Å²) < 4.78 is 19.7. The largest absolute Gasteiger partial charge is 0.454 e. The van der Waals surface area contributed by atoms with Gasteiger partial charge in [0.15, 0.2) is 17.1 Å². The SMILES string of the molecule is Cc1nc2nc([C@H]3CCO[C@H](c4cnn(C5CC5)c4)C3)nc(-c3cccc4c3OCO4)c2nc1C. The zero-order chi connectivity index (χ0) is 23.5. The lowest BCUT2D eigenvalue weighted by molar-refractivity contribution is 0.00396. The first-order chi connectivity index (χ1) is 17.1. The average molecular weight is 471 g/mol. The normalized spacial score (nSPS) is 21.5. The maximum Gasteiger partial charge on any atom is 0.231 e. The molecule has 4 aromatic rings. The third-order valence-electron chi connectivity index (χ3n) is 7.17. The van der Waals surface area contributed by atoms with Gasteiger partial charge in [-0.25, -0.2) is 19.9 Å². The van der Waals surface area contributed by atoms with E-state index in [0.29, 0.717) is 35.3 Å². The summed E-state index contributed by atoms with van der Waals surface area (Å²) in [5, 5.41) is 4.56. The van der Waals surface area contributed by atoms with E-state index >= 15 is 0 Å². The monoisotopic (exact) mass is 470 g/mol. The molecule has 3 aliphatic rings. The van der Waals surface area contributed by atoms with Gasteiger partial charge in [-0.15, -0.1) is 0 Å². The van der Waals surface area contributed by atoms with Crippen LogP contribution in [0.4, 0.5) is 0 Å². The number of nitrogens with zero attached hydrogens (tertiary/aromatic N) is 6. The van der Waals surface area contributed by atoms with E-state index in [2.05, 4.69) is 16.0 Å². The van der Waals surface area contributed by atoms with Gasteiger partial charge in [0.1, 0.15) is 17.0 Å². The predicted octanol–water partition coefficient (Wildman–Crippen LogP) is 4.60. The summed E-state index contributed by atoms with van der Waals surface area (Å²) in [6.45, 7) is 4.76. The van der Waals surface area contributed by atoms with Gasteiger partial charge in [-0.1, -0.05) is 6.07 Å². The maximum atomic E-state index is 6.15. The Kier molecular flexibility index (Phi) is 4.73. The first kappa shape index (κ1) is 20.8. The molecule has 9 heteroatoms. The molecule has 9 nitrogen and oxygen atoms in total. The summed E-state index contributed by atoms with van der Waals surface area (Å²) in [5.74, 6) is 2.31. The molecule has 1 saturated heterocycles. The van der Waals surface area contributed by atoms with Gasteiger partial charge >= 0.3 is 0 Å². The number of hydrogen-bond donors (Lipinski definition) is 0. The Hall–Kier alpha value is -3.59. The lowest BCUT2D eigenvalue weighted by atomic mass is 9.92. The Bertz CT molecular complexity index is 1450. The number of aryl methyl sites for hydroxylation is 2. The number of benzene rings is 1. The van der Waals surface area contributed by atoms with Crippen molar-refractivity contribution in [3.63, 3.8) is 0 Å². The number of hydrogen-bond acceptors (Lipinski definition) is 8. The Morgan fingerprint density at radius 1 is 0.971 bits per heavy atom. The molecule has 5 heterocycles. The number of fused-ring (bicyclic) bond motifs is 2. The fourth-order valence-electron chi connectivity index (χ4n) is 4.94. The first-order valence-corrected chi connectivity index (χ1v) is 12.2. The second-order valence-electron chi connectivity index (χ2n) is 9.60. The van der Waals surface area contributed by atoms with Crippen molar-refractivity contribution in [1.29, 1.82) is 0 Å². The number of aromatic nitrogens is 6. The van der Waals surface area contributed by atoms with E-state index in [9.17, 15) is 0 Å². The van der Waals surface area contributed by atoms with Gasteiger partial charge in [0, 0.05) is 29.8 Å².